The number of amides is 2. The zero-order chi connectivity index (χ0) is 22.9. The molecule has 8 nitrogen and oxygen atoms in total. The molecule has 0 aromatic heterocycles. The van der Waals surface area contributed by atoms with Gasteiger partial charge in [0.05, 0.1) is 17.0 Å². The molecule has 1 aliphatic rings. The van der Waals surface area contributed by atoms with Crippen molar-refractivity contribution >= 4 is 46.7 Å². The van der Waals surface area contributed by atoms with Crippen LogP contribution in [0.1, 0.15) is 16.8 Å². The van der Waals surface area contributed by atoms with Crippen LogP contribution in [0.2, 0.25) is 5.02 Å². The quantitative estimate of drug-likeness (QED) is 0.360. The number of rotatable bonds is 7. The van der Waals surface area contributed by atoms with E-state index in [-0.39, 0.29) is 41.2 Å². The fourth-order valence-electron chi connectivity index (χ4n) is 3.09. The molecule has 1 saturated heterocycles. The van der Waals surface area contributed by atoms with Gasteiger partial charge in [0, 0.05) is 13.1 Å². The molecular formula is C22H22ClN3O5S. The highest BCUT2D eigenvalue weighted by molar-refractivity contribution is 7.80. The Balaban J connectivity index is 1.53. The number of esters is 1. The van der Waals surface area contributed by atoms with E-state index in [1.54, 1.807) is 36.4 Å². The van der Waals surface area contributed by atoms with Crippen molar-refractivity contribution in [2.75, 3.05) is 26.3 Å². The molecule has 0 aliphatic carbocycles. The summed E-state index contributed by atoms with van der Waals surface area (Å²) in [4.78, 5) is 38.7. The summed E-state index contributed by atoms with van der Waals surface area (Å²) < 4.78 is 10.7. The maximum absolute atomic E-state index is 12.5. The largest absolute Gasteiger partial charge is 0.490 e. The highest BCUT2D eigenvalue weighted by Gasteiger charge is 2.34. The number of hydrogen-bond donors (Lipinski definition) is 2. The van der Waals surface area contributed by atoms with E-state index >= 15 is 0 Å². The van der Waals surface area contributed by atoms with Crippen LogP contribution in [0.15, 0.2) is 54.6 Å². The Labute approximate surface area is 195 Å². The summed E-state index contributed by atoms with van der Waals surface area (Å²) in [6, 6.07) is 14.8. The molecule has 1 unspecified atom stereocenters. The second kappa shape index (κ2) is 11.4. The molecule has 1 aliphatic heterocycles. The van der Waals surface area contributed by atoms with Crippen LogP contribution in [-0.2, 0) is 14.3 Å². The fraction of sp³-hybridized carbons (Fsp3) is 0.273. The third kappa shape index (κ3) is 6.41. The lowest BCUT2D eigenvalue weighted by molar-refractivity contribution is -0.148. The van der Waals surface area contributed by atoms with E-state index in [1.165, 1.54) is 4.90 Å². The average Bonchev–Trinajstić information content (AvgIpc) is 2.79. The van der Waals surface area contributed by atoms with E-state index in [1.807, 2.05) is 18.2 Å². The van der Waals surface area contributed by atoms with E-state index in [0.717, 1.165) is 0 Å². The highest BCUT2D eigenvalue weighted by atomic mass is 35.5. The molecular weight excluding hydrogens is 454 g/mol. The van der Waals surface area contributed by atoms with Gasteiger partial charge in [0.2, 0.25) is 5.91 Å². The van der Waals surface area contributed by atoms with E-state index in [4.69, 9.17) is 33.3 Å². The topological polar surface area (TPSA) is 97.0 Å². The maximum Gasteiger partial charge on any atom is 0.308 e. The minimum Gasteiger partial charge on any atom is -0.490 e. The third-order valence-electron chi connectivity index (χ3n) is 4.65. The van der Waals surface area contributed by atoms with Crippen molar-refractivity contribution in [3.8, 4) is 5.75 Å². The molecule has 168 valence electrons. The van der Waals surface area contributed by atoms with Gasteiger partial charge in [-0.15, -0.1) is 0 Å². The van der Waals surface area contributed by atoms with Gasteiger partial charge in [-0.05, 0) is 36.5 Å². The lowest BCUT2D eigenvalue weighted by Gasteiger charge is -2.36. The monoisotopic (exact) mass is 475 g/mol. The van der Waals surface area contributed by atoms with Crippen LogP contribution >= 0.6 is 23.8 Å². The molecule has 2 N–H and O–H groups in total. The number of thiocarbonyl (C=S) groups is 1. The zero-order valence-electron chi connectivity index (χ0n) is 17.1. The van der Waals surface area contributed by atoms with E-state index in [0.29, 0.717) is 18.8 Å². The number of nitrogens with one attached hydrogen (secondary N) is 2. The lowest BCUT2D eigenvalue weighted by atomic mass is 10.1. The summed E-state index contributed by atoms with van der Waals surface area (Å²) in [5, 5.41) is 5.60. The molecule has 10 heteroatoms. The molecule has 3 rings (SSSR count). The summed E-state index contributed by atoms with van der Waals surface area (Å²) >= 11 is 11.4. The van der Waals surface area contributed by atoms with Gasteiger partial charge in [-0.1, -0.05) is 41.9 Å². The Hall–Kier alpha value is -3.17. The van der Waals surface area contributed by atoms with E-state index in [2.05, 4.69) is 10.6 Å². The van der Waals surface area contributed by atoms with Crippen molar-refractivity contribution in [3.63, 3.8) is 0 Å². The van der Waals surface area contributed by atoms with Crippen LogP contribution in [0.5, 0.6) is 5.75 Å². The number of carbonyl (C=O) groups excluding carboxylic acids is 3. The Bertz CT molecular complexity index is 989. The van der Waals surface area contributed by atoms with Crippen molar-refractivity contribution in [2.24, 2.45) is 0 Å². The van der Waals surface area contributed by atoms with Crippen molar-refractivity contribution in [2.45, 2.75) is 12.5 Å². The Morgan fingerprint density at radius 3 is 2.59 bits per heavy atom. The first kappa shape index (κ1) is 23.5. The van der Waals surface area contributed by atoms with Crippen LogP contribution < -0.4 is 15.4 Å². The summed E-state index contributed by atoms with van der Waals surface area (Å²) in [6.07, 6.45) is -0.223. The maximum atomic E-state index is 12.5. The molecule has 0 saturated carbocycles. The SMILES string of the molecule is O=C(CC1C(=O)NCCN1C(=S)NC(=O)c1ccccc1Cl)OCCOc1ccccc1. The van der Waals surface area contributed by atoms with Crippen LogP contribution in [0, 0.1) is 0 Å². The zero-order valence-corrected chi connectivity index (χ0v) is 18.7. The van der Waals surface area contributed by atoms with Gasteiger partial charge >= 0.3 is 5.97 Å². The molecule has 0 radical (unpaired) electrons. The van der Waals surface area contributed by atoms with Crippen LogP contribution in [-0.4, -0.2) is 60.1 Å². The van der Waals surface area contributed by atoms with Gasteiger partial charge in [-0.25, -0.2) is 0 Å². The number of benzene rings is 2. The van der Waals surface area contributed by atoms with Gasteiger partial charge in [0.25, 0.3) is 5.91 Å². The van der Waals surface area contributed by atoms with Gasteiger partial charge in [-0.2, -0.15) is 0 Å². The van der Waals surface area contributed by atoms with E-state index < -0.39 is 17.9 Å². The number of piperazine rings is 1. The lowest BCUT2D eigenvalue weighted by Crippen LogP contribution is -2.60. The molecule has 2 aromatic carbocycles. The molecule has 2 aromatic rings. The summed E-state index contributed by atoms with van der Waals surface area (Å²) in [7, 11) is 0. The molecule has 0 bridgehead atoms. The van der Waals surface area contributed by atoms with Crippen molar-refractivity contribution in [1.82, 2.24) is 15.5 Å². The molecule has 1 fully saturated rings. The third-order valence-corrected chi connectivity index (χ3v) is 5.32. The number of ether oxygens (including phenoxy) is 2. The number of halogens is 1. The predicted octanol–water partition coefficient (Wildman–Crippen LogP) is 2.17. The van der Waals surface area contributed by atoms with Crippen molar-refractivity contribution in [3.05, 3.63) is 65.2 Å². The van der Waals surface area contributed by atoms with Gasteiger partial charge in [0.15, 0.2) is 5.11 Å². The normalized spacial score (nSPS) is 15.5. The number of nitrogens with zero attached hydrogens (tertiary/aromatic N) is 1. The molecule has 1 atom stereocenters. The first-order valence-electron chi connectivity index (χ1n) is 9.93. The predicted molar refractivity (Wildman–Crippen MR) is 123 cm³/mol. The van der Waals surface area contributed by atoms with Crippen LogP contribution in [0.4, 0.5) is 0 Å². The van der Waals surface area contributed by atoms with Crippen LogP contribution in [0.25, 0.3) is 0 Å². The second-order valence-electron chi connectivity index (χ2n) is 6.83. The van der Waals surface area contributed by atoms with Gasteiger partial charge in [0.1, 0.15) is 25.0 Å². The van der Waals surface area contributed by atoms with Crippen molar-refractivity contribution in [1.29, 1.82) is 0 Å². The Morgan fingerprint density at radius 2 is 1.84 bits per heavy atom. The van der Waals surface area contributed by atoms with Gasteiger partial charge < -0.3 is 19.7 Å². The highest BCUT2D eigenvalue weighted by Crippen LogP contribution is 2.16. The standard InChI is InChI=1S/C22H22ClN3O5S/c23-17-9-5-4-8-16(17)20(28)25-22(32)26-11-10-24-21(29)18(26)14-19(27)31-13-12-30-15-6-2-1-3-7-15/h1-9,18H,10-14H2,(H,24,29)(H,25,28,32). The Kier molecular flexibility index (Phi) is 8.41. The number of hydrogen-bond acceptors (Lipinski definition) is 6. The van der Waals surface area contributed by atoms with Crippen molar-refractivity contribution < 1.29 is 23.9 Å². The molecule has 1 heterocycles. The minimum absolute atomic E-state index is 0.0370. The Morgan fingerprint density at radius 1 is 1.12 bits per heavy atom. The average molecular weight is 476 g/mol. The summed E-state index contributed by atoms with van der Waals surface area (Å²) in [6.45, 7) is 0.887. The molecule has 2 amide bonds. The molecule has 0 spiro atoms. The smallest absolute Gasteiger partial charge is 0.308 e. The summed E-state index contributed by atoms with van der Waals surface area (Å²) in [5.74, 6) is -0.774. The fourth-order valence-corrected chi connectivity index (χ4v) is 3.62. The molecule has 32 heavy (non-hydrogen) atoms. The summed E-state index contributed by atoms with van der Waals surface area (Å²) in [5.41, 5.74) is 0.257. The first-order valence-corrected chi connectivity index (χ1v) is 10.7. The van der Waals surface area contributed by atoms with Crippen LogP contribution in [0.3, 0.4) is 0 Å². The number of para-hydroxylation sites is 1. The van der Waals surface area contributed by atoms with E-state index in [9.17, 15) is 14.4 Å². The first-order chi connectivity index (χ1) is 15.5. The second-order valence-corrected chi connectivity index (χ2v) is 7.62. The minimum atomic E-state index is -0.898. The number of carbonyl (C=O) groups is 3. The van der Waals surface area contributed by atoms with Gasteiger partial charge in [-0.3, -0.25) is 19.7 Å².